The molecule has 2 nitrogen and oxygen atoms in total. The van der Waals surface area contributed by atoms with Crippen molar-refractivity contribution in [2.75, 3.05) is 0 Å². The van der Waals surface area contributed by atoms with Crippen LogP contribution in [-0.2, 0) is 6.54 Å². The fraction of sp³-hybridized carbons (Fsp3) is 0.100. The van der Waals surface area contributed by atoms with Crippen LogP contribution in [0.4, 0.5) is 4.39 Å². The standard InChI is InChI=1S/C10H9FN2/c11-9-1-2-10-8(4-9)3-7(5-12)6-13-10/h1-4,6H,5,12H2. The Morgan fingerprint density at radius 2 is 2.15 bits per heavy atom. The molecule has 1 heterocycles. The molecule has 0 amide bonds. The van der Waals surface area contributed by atoms with Gasteiger partial charge in [0.25, 0.3) is 0 Å². The highest BCUT2D eigenvalue weighted by molar-refractivity contribution is 5.78. The second-order valence-electron chi connectivity index (χ2n) is 2.88. The molecule has 0 unspecified atom stereocenters. The van der Waals surface area contributed by atoms with E-state index in [2.05, 4.69) is 4.98 Å². The molecule has 13 heavy (non-hydrogen) atoms. The number of hydrogen-bond donors (Lipinski definition) is 1. The molecule has 2 N–H and O–H groups in total. The quantitative estimate of drug-likeness (QED) is 0.720. The zero-order valence-corrected chi connectivity index (χ0v) is 7.00. The third-order valence-corrected chi connectivity index (χ3v) is 1.94. The number of nitrogens with two attached hydrogens (primary N) is 1. The predicted octanol–water partition coefficient (Wildman–Crippen LogP) is 1.83. The molecule has 2 aromatic rings. The van der Waals surface area contributed by atoms with Gasteiger partial charge in [-0.25, -0.2) is 4.39 Å². The summed E-state index contributed by atoms with van der Waals surface area (Å²) in [5, 5.41) is 0.794. The first-order chi connectivity index (χ1) is 6.29. The minimum absolute atomic E-state index is 0.247. The third-order valence-electron chi connectivity index (χ3n) is 1.94. The van der Waals surface area contributed by atoms with E-state index in [1.165, 1.54) is 12.1 Å². The molecule has 0 aliphatic carbocycles. The van der Waals surface area contributed by atoms with Gasteiger partial charge in [-0.2, -0.15) is 0 Å². The average Bonchev–Trinajstić information content (AvgIpc) is 2.16. The van der Waals surface area contributed by atoms with E-state index in [-0.39, 0.29) is 5.82 Å². The highest BCUT2D eigenvalue weighted by Gasteiger charge is 1.97. The van der Waals surface area contributed by atoms with Crippen LogP contribution in [0, 0.1) is 5.82 Å². The van der Waals surface area contributed by atoms with Crippen molar-refractivity contribution >= 4 is 10.9 Å². The Hall–Kier alpha value is -1.48. The first kappa shape index (κ1) is 8.13. The maximum Gasteiger partial charge on any atom is 0.123 e. The highest BCUT2D eigenvalue weighted by atomic mass is 19.1. The molecule has 0 aliphatic heterocycles. The van der Waals surface area contributed by atoms with Gasteiger partial charge in [-0.1, -0.05) is 0 Å². The van der Waals surface area contributed by atoms with Crippen molar-refractivity contribution in [2.24, 2.45) is 5.73 Å². The highest BCUT2D eigenvalue weighted by Crippen LogP contribution is 2.14. The largest absolute Gasteiger partial charge is 0.326 e. The van der Waals surface area contributed by atoms with Crippen molar-refractivity contribution in [1.82, 2.24) is 4.98 Å². The van der Waals surface area contributed by atoms with Crippen molar-refractivity contribution in [2.45, 2.75) is 6.54 Å². The molecule has 1 aromatic carbocycles. The minimum Gasteiger partial charge on any atom is -0.326 e. The van der Waals surface area contributed by atoms with Crippen LogP contribution in [0.3, 0.4) is 0 Å². The van der Waals surface area contributed by atoms with E-state index in [4.69, 9.17) is 5.73 Å². The Morgan fingerprint density at radius 1 is 1.31 bits per heavy atom. The lowest BCUT2D eigenvalue weighted by Crippen LogP contribution is -1.96. The molecule has 0 radical (unpaired) electrons. The van der Waals surface area contributed by atoms with Gasteiger partial charge < -0.3 is 5.73 Å². The van der Waals surface area contributed by atoms with Crippen LogP contribution in [0.2, 0.25) is 0 Å². The Morgan fingerprint density at radius 3 is 2.92 bits per heavy atom. The van der Waals surface area contributed by atoms with E-state index in [0.29, 0.717) is 6.54 Å². The Bertz CT molecular complexity index is 440. The molecule has 66 valence electrons. The van der Waals surface area contributed by atoms with Crippen LogP contribution in [0.15, 0.2) is 30.5 Å². The SMILES string of the molecule is NCc1cnc2ccc(F)cc2c1. The summed E-state index contributed by atoms with van der Waals surface area (Å²) in [5.41, 5.74) is 7.15. The molecule has 0 aliphatic rings. The van der Waals surface area contributed by atoms with Crippen LogP contribution >= 0.6 is 0 Å². The van der Waals surface area contributed by atoms with Crippen LogP contribution in [0.1, 0.15) is 5.56 Å². The van der Waals surface area contributed by atoms with Crippen LogP contribution in [0.25, 0.3) is 10.9 Å². The zero-order chi connectivity index (χ0) is 9.26. The number of hydrogen-bond acceptors (Lipinski definition) is 2. The lowest BCUT2D eigenvalue weighted by Gasteiger charge is -1.99. The van der Waals surface area contributed by atoms with E-state index in [9.17, 15) is 4.39 Å². The van der Waals surface area contributed by atoms with Crippen LogP contribution < -0.4 is 5.73 Å². The lowest BCUT2D eigenvalue weighted by atomic mass is 10.1. The normalized spacial score (nSPS) is 10.6. The van der Waals surface area contributed by atoms with Gasteiger partial charge in [0, 0.05) is 18.1 Å². The molecule has 0 saturated heterocycles. The van der Waals surface area contributed by atoms with E-state index < -0.39 is 0 Å². The van der Waals surface area contributed by atoms with Gasteiger partial charge in [0.05, 0.1) is 5.52 Å². The summed E-state index contributed by atoms with van der Waals surface area (Å²) in [6.45, 7) is 0.430. The topological polar surface area (TPSA) is 38.9 Å². The predicted molar refractivity (Wildman–Crippen MR) is 49.6 cm³/mol. The summed E-state index contributed by atoms with van der Waals surface area (Å²) in [6, 6.07) is 6.37. The van der Waals surface area contributed by atoms with Gasteiger partial charge in [0.15, 0.2) is 0 Å². The summed E-state index contributed by atoms with van der Waals surface area (Å²) in [7, 11) is 0. The molecule has 3 heteroatoms. The molecular weight excluding hydrogens is 167 g/mol. The van der Waals surface area contributed by atoms with Gasteiger partial charge in [0.1, 0.15) is 5.82 Å². The van der Waals surface area contributed by atoms with Crippen LogP contribution in [0.5, 0.6) is 0 Å². The number of pyridine rings is 1. The van der Waals surface area contributed by atoms with Gasteiger partial charge in [-0.05, 0) is 29.8 Å². The first-order valence-electron chi connectivity index (χ1n) is 4.04. The zero-order valence-electron chi connectivity index (χ0n) is 7.00. The van der Waals surface area contributed by atoms with E-state index in [0.717, 1.165) is 16.5 Å². The van der Waals surface area contributed by atoms with Crippen molar-refractivity contribution in [1.29, 1.82) is 0 Å². The summed E-state index contributed by atoms with van der Waals surface area (Å²) in [5.74, 6) is -0.247. The Kier molecular flexibility index (Phi) is 1.94. The minimum atomic E-state index is -0.247. The molecule has 0 atom stereocenters. The van der Waals surface area contributed by atoms with Gasteiger partial charge in [0.2, 0.25) is 0 Å². The van der Waals surface area contributed by atoms with E-state index in [1.807, 2.05) is 6.07 Å². The second kappa shape index (κ2) is 3.11. The van der Waals surface area contributed by atoms with Gasteiger partial charge in [-0.3, -0.25) is 4.98 Å². The van der Waals surface area contributed by atoms with Crippen molar-refractivity contribution in [3.63, 3.8) is 0 Å². The fourth-order valence-electron chi connectivity index (χ4n) is 1.26. The fourth-order valence-corrected chi connectivity index (χ4v) is 1.26. The van der Waals surface area contributed by atoms with Crippen molar-refractivity contribution < 1.29 is 4.39 Å². The van der Waals surface area contributed by atoms with Gasteiger partial charge >= 0.3 is 0 Å². The molecular formula is C10H9FN2. The van der Waals surface area contributed by atoms with Crippen molar-refractivity contribution in [3.05, 3.63) is 41.8 Å². The summed E-state index contributed by atoms with van der Waals surface area (Å²) in [6.07, 6.45) is 1.71. The number of halogens is 1. The molecule has 1 aromatic heterocycles. The first-order valence-corrected chi connectivity index (χ1v) is 4.04. The third kappa shape index (κ3) is 1.51. The number of nitrogens with zero attached hydrogens (tertiary/aromatic N) is 1. The summed E-state index contributed by atoms with van der Waals surface area (Å²) in [4.78, 5) is 4.15. The second-order valence-corrected chi connectivity index (χ2v) is 2.88. The molecule has 0 fully saturated rings. The number of fused-ring (bicyclic) bond motifs is 1. The summed E-state index contributed by atoms with van der Waals surface area (Å²) >= 11 is 0. The van der Waals surface area contributed by atoms with E-state index >= 15 is 0 Å². The number of benzene rings is 1. The average molecular weight is 176 g/mol. The molecule has 0 bridgehead atoms. The van der Waals surface area contributed by atoms with Gasteiger partial charge in [-0.15, -0.1) is 0 Å². The number of rotatable bonds is 1. The van der Waals surface area contributed by atoms with Crippen LogP contribution in [-0.4, -0.2) is 4.98 Å². The maximum absolute atomic E-state index is 12.8. The molecule has 0 saturated carbocycles. The molecule has 0 spiro atoms. The lowest BCUT2D eigenvalue weighted by molar-refractivity contribution is 0.629. The van der Waals surface area contributed by atoms with Crippen molar-refractivity contribution in [3.8, 4) is 0 Å². The number of aromatic nitrogens is 1. The summed E-state index contributed by atoms with van der Waals surface area (Å²) < 4.78 is 12.8. The molecule has 2 rings (SSSR count). The monoisotopic (exact) mass is 176 g/mol. The Balaban J connectivity index is 2.68. The smallest absolute Gasteiger partial charge is 0.123 e. The maximum atomic E-state index is 12.8. The Labute approximate surface area is 75.2 Å². The van der Waals surface area contributed by atoms with E-state index in [1.54, 1.807) is 12.3 Å².